The van der Waals surface area contributed by atoms with E-state index in [9.17, 15) is 0 Å². The Balaban J connectivity index is 1.16. The van der Waals surface area contributed by atoms with Crippen LogP contribution < -0.4 is 0 Å². The van der Waals surface area contributed by atoms with Gasteiger partial charge < -0.3 is 9.13 Å². The fourth-order valence-electron chi connectivity index (χ4n) is 8.37. The predicted octanol–water partition coefficient (Wildman–Crippen LogP) is 14.3. The molecule has 0 saturated heterocycles. The molecule has 2 heteroatoms. The fraction of sp³-hybridized carbons (Fsp3) is 0.522. The minimum atomic E-state index is 1.18. The number of aryl methyl sites for hydroxylation is 4. The summed E-state index contributed by atoms with van der Waals surface area (Å²) in [6, 6.07) is 24.1. The summed E-state index contributed by atoms with van der Waals surface area (Å²) in [6.07, 6.45) is 27.2. The number of hydrogen-bond donors (Lipinski definition) is 0. The lowest BCUT2D eigenvalue weighted by Gasteiger charge is -2.10. The van der Waals surface area contributed by atoms with Crippen LogP contribution in [0.5, 0.6) is 0 Å². The van der Waals surface area contributed by atoms with Gasteiger partial charge in [0.1, 0.15) is 0 Å². The van der Waals surface area contributed by atoms with Gasteiger partial charge in [-0.05, 0) is 94.4 Å². The van der Waals surface area contributed by atoms with Crippen molar-refractivity contribution < 1.29 is 0 Å². The van der Waals surface area contributed by atoms with Crippen molar-refractivity contribution in [3.63, 3.8) is 0 Å². The first-order valence-corrected chi connectivity index (χ1v) is 19.9. The number of rotatable bonds is 20. The maximum Gasteiger partial charge on any atom is 0.0486 e. The summed E-state index contributed by atoms with van der Waals surface area (Å²) in [4.78, 5) is 0. The first-order chi connectivity index (χ1) is 23.6. The van der Waals surface area contributed by atoms with Crippen LogP contribution in [0.25, 0.3) is 54.1 Å². The van der Waals surface area contributed by atoms with Crippen LogP contribution in [-0.4, -0.2) is 9.13 Å². The van der Waals surface area contributed by atoms with Gasteiger partial charge in [0, 0.05) is 47.3 Å². The Kier molecular flexibility index (Phi) is 12.2. The molecule has 2 heterocycles. The molecule has 0 amide bonds. The normalized spacial score (nSPS) is 12.2. The first-order valence-electron chi connectivity index (χ1n) is 19.9. The van der Waals surface area contributed by atoms with Gasteiger partial charge in [0.2, 0.25) is 0 Å². The van der Waals surface area contributed by atoms with E-state index in [4.69, 9.17) is 0 Å². The minimum absolute atomic E-state index is 1.18. The Hall–Kier alpha value is -3.26. The van der Waals surface area contributed by atoms with Gasteiger partial charge in [0.15, 0.2) is 0 Å². The molecule has 0 saturated carbocycles. The second-order valence-corrected chi connectivity index (χ2v) is 15.0. The van der Waals surface area contributed by atoms with E-state index >= 15 is 0 Å². The molecule has 0 N–H and O–H groups in total. The molecule has 6 aromatic rings. The lowest BCUT2D eigenvalue weighted by atomic mass is 9.95. The van der Waals surface area contributed by atoms with Crippen LogP contribution in [0.1, 0.15) is 141 Å². The van der Waals surface area contributed by atoms with Gasteiger partial charge in [-0.2, -0.15) is 0 Å². The third-order valence-electron chi connectivity index (χ3n) is 11.4. The summed E-state index contributed by atoms with van der Waals surface area (Å²) in [7, 11) is 4.55. The molecule has 0 bridgehead atoms. The lowest BCUT2D eigenvalue weighted by molar-refractivity contribution is 0.562. The molecule has 2 aromatic heterocycles. The number of fused-ring (bicyclic) bond motifs is 7. The van der Waals surface area contributed by atoms with E-state index in [0.717, 1.165) is 0 Å². The Bertz CT molecular complexity index is 1790. The highest BCUT2D eigenvalue weighted by atomic mass is 14.9. The van der Waals surface area contributed by atoms with E-state index < -0.39 is 0 Å². The van der Waals surface area contributed by atoms with Crippen LogP contribution >= 0.6 is 0 Å². The maximum absolute atomic E-state index is 2.46. The molecule has 0 radical (unpaired) electrons. The van der Waals surface area contributed by atoms with E-state index in [1.165, 1.54) is 194 Å². The second-order valence-electron chi connectivity index (χ2n) is 15.0. The average molecular weight is 643 g/mol. The summed E-state index contributed by atoms with van der Waals surface area (Å²) in [6.45, 7) is 4.60. The van der Waals surface area contributed by atoms with Crippen molar-refractivity contribution in [1.29, 1.82) is 0 Å². The summed E-state index contributed by atoms with van der Waals surface area (Å²) in [5.41, 5.74) is 5.67. The van der Waals surface area contributed by atoms with Crippen LogP contribution in [0, 0.1) is 0 Å². The maximum atomic E-state index is 2.46. The van der Waals surface area contributed by atoms with Gasteiger partial charge in [-0.15, -0.1) is 0 Å². The second kappa shape index (κ2) is 16.9. The zero-order valence-corrected chi connectivity index (χ0v) is 30.8. The number of hydrogen-bond acceptors (Lipinski definition) is 0. The molecule has 0 spiro atoms. The molecule has 48 heavy (non-hydrogen) atoms. The van der Waals surface area contributed by atoms with Crippen molar-refractivity contribution in [2.45, 2.75) is 142 Å². The van der Waals surface area contributed by atoms with Crippen LogP contribution in [0.4, 0.5) is 0 Å². The summed E-state index contributed by atoms with van der Waals surface area (Å²) in [5.74, 6) is 0. The topological polar surface area (TPSA) is 9.86 Å². The number of aromatic nitrogens is 2. The smallest absolute Gasteiger partial charge is 0.0486 e. The van der Waals surface area contributed by atoms with Crippen molar-refractivity contribution in [3.05, 3.63) is 72.1 Å². The van der Waals surface area contributed by atoms with Crippen molar-refractivity contribution in [3.8, 4) is 0 Å². The van der Waals surface area contributed by atoms with E-state index in [2.05, 4.69) is 97.7 Å². The van der Waals surface area contributed by atoms with E-state index in [-0.39, 0.29) is 0 Å². The molecule has 4 aromatic carbocycles. The monoisotopic (exact) mass is 642 g/mol. The Morgan fingerprint density at radius 3 is 1.08 bits per heavy atom. The van der Waals surface area contributed by atoms with Gasteiger partial charge in [0.25, 0.3) is 0 Å². The highest BCUT2D eigenvalue weighted by Gasteiger charge is 2.13. The molecule has 0 aliphatic rings. The third-order valence-corrected chi connectivity index (χ3v) is 11.4. The van der Waals surface area contributed by atoms with Gasteiger partial charge in [-0.1, -0.05) is 141 Å². The Labute approximate surface area is 290 Å². The number of nitrogens with zero attached hydrogens (tertiary/aromatic N) is 2. The molecular formula is C46H62N2. The van der Waals surface area contributed by atoms with Gasteiger partial charge in [-0.3, -0.25) is 0 Å². The molecular weight excluding hydrogens is 581 g/mol. The van der Waals surface area contributed by atoms with Crippen molar-refractivity contribution in [2.75, 3.05) is 0 Å². The number of unbranched alkanes of at least 4 members (excludes halogenated alkanes) is 16. The number of benzene rings is 4. The highest BCUT2D eigenvalue weighted by Crippen LogP contribution is 2.36. The average Bonchev–Trinajstić information content (AvgIpc) is 3.58. The van der Waals surface area contributed by atoms with Crippen molar-refractivity contribution in [2.24, 2.45) is 14.1 Å². The molecule has 6 rings (SSSR count). The molecule has 0 aliphatic heterocycles. The third kappa shape index (κ3) is 7.96. The van der Waals surface area contributed by atoms with E-state index in [0.29, 0.717) is 0 Å². The zero-order chi connectivity index (χ0) is 33.3. The quantitative estimate of drug-likeness (QED) is 0.0579. The molecule has 0 atom stereocenters. The van der Waals surface area contributed by atoms with Crippen molar-refractivity contribution >= 4 is 54.1 Å². The molecule has 2 nitrogen and oxygen atoms in total. The fourth-order valence-corrected chi connectivity index (χ4v) is 8.37. The van der Waals surface area contributed by atoms with Crippen molar-refractivity contribution in [1.82, 2.24) is 9.13 Å². The molecule has 0 aliphatic carbocycles. The predicted molar refractivity (Wildman–Crippen MR) is 214 cm³/mol. The van der Waals surface area contributed by atoms with Crippen LogP contribution in [0.3, 0.4) is 0 Å². The lowest BCUT2D eigenvalue weighted by Crippen LogP contribution is -1.96. The highest BCUT2D eigenvalue weighted by molar-refractivity contribution is 6.20. The van der Waals surface area contributed by atoms with Gasteiger partial charge in [-0.25, -0.2) is 0 Å². The van der Waals surface area contributed by atoms with E-state index in [1.807, 2.05) is 0 Å². The Morgan fingerprint density at radius 2 is 0.708 bits per heavy atom. The zero-order valence-electron chi connectivity index (χ0n) is 30.8. The molecule has 256 valence electrons. The van der Waals surface area contributed by atoms with Crippen LogP contribution in [-0.2, 0) is 26.9 Å². The van der Waals surface area contributed by atoms with E-state index in [1.54, 1.807) is 0 Å². The van der Waals surface area contributed by atoms with Crippen LogP contribution in [0.2, 0.25) is 0 Å². The van der Waals surface area contributed by atoms with Gasteiger partial charge >= 0.3 is 0 Å². The largest absolute Gasteiger partial charge is 0.348 e. The molecule has 0 fully saturated rings. The SMILES string of the molecule is CCCCCCCCCCCc1cc2cc3ccc4c5cc6c(cc(CCCCCCCCCCC)n6C)cc5ccc4c3cc2n1C. The van der Waals surface area contributed by atoms with Crippen LogP contribution in [0.15, 0.2) is 60.7 Å². The minimum Gasteiger partial charge on any atom is -0.348 e. The molecule has 0 unspecified atom stereocenters. The summed E-state index contributed by atoms with van der Waals surface area (Å²) >= 11 is 0. The summed E-state index contributed by atoms with van der Waals surface area (Å²) in [5, 5.41) is 10.9. The first kappa shape index (κ1) is 34.6. The Morgan fingerprint density at radius 1 is 0.354 bits per heavy atom. The standard InChI is InChI=1S/C46H62N2/c1-5-7-9-11-13-15-17-19-21-23-39-31-37-29-35-25-27-42-41(43(35)33-45(37)47(39)3)28-26-36-30-38-32-40(48(4)46(38)34-44(36)42)24-22-20-18-16-14-12-10-8-6-2/h25-34H,5-24H2,1-4H3. The summed E-state index contributed by atoms with van der Waals surface area (Å²) < 4.78 is 4.92. The van der Waals surface area contributed by atoms with Gasteiger partial charge in [0.05, 0.1) is 0 Å².